The maximum Gasteiger partial charge on any atom is 0.303 e. The largest absolute Gasteiger partial charge is 0.381 e. The van der Waals surface area contributed by atoms with E-state index in [9.17, 15) is 18.0 Å². The van der Waals surface area contributed by atoms with Gasteiger partial charge in [-0.25, -0.2) is 4.72 Å². The number of amides is 3. The smallest absolute Gasteiger partial charge is 0.303 e. The minimum Gasteiger partial charge on any atom is -0.381 e. The molecule has 12 nitrogen and oxygen atoms in total. The van der Waals surface area contributed by atoms with Gasteiger partial charge in [0, 0.05) is 56.8 Å². The summed E-state index contributed by atoms with van der Waals surface area (Å²) in [4.78, 5) is 45.6. The molecule has 2 spiro atoms. The van der Waals surface area contributed by atoms with E-state index in [4.69, 9.17) is 10.5 Å². The summed E-state index contributed by atoms with van der Waals surface area (Å²) >= 11 is 0. The minimum absolute atomic E-state index is 0.00724. The molecule has 0 radical (unpaired) electrons. The lowest BCUT2D eigenvalue weighted by atomic mass is 9.70. The Morgan fingerprint density at radius 2 is 1.54 bits per heavy atom. The van der Waals surface area contributed by atoms with E-state index in [-0.39, 0.29) is 40.0 Å². The number of carbonyl (C=O) groups is 3. The van der Waals surface area contributed by atoms with Crippen molar-refractivity contribution in [2.45, 2.75) is 141 Å². The molecule has 7 rings (SSSR count). The van der Waals surface area contributed by atoms with E-state index in [1.807, 2.05) is 4.90 Å². The van der Waals surface area contributed by atoms with Crippen molar-refractivity contribution in [1.29, 1.82) is 0 Å². The molecule has 5 N–H and O–H groups in total. The molecule has 4 aliphatic carbocycles. The molecule has 0 aromatic heterocycles. The SMILES string of the molecule is C=C[C@@H]1C[C@]1(NC(=O)[C@@H]1C[C@@]2(CN1C(=O)[C@@H](NC[C@@H](N)C1(C)CCCCC1)C1(C)CCOCC1)C(C)(C)C21CCC1)C(=O)NS(=O)(=O)N1CCCC1. The highest BCUT2D eigenvalue weighted by molar-refractivity contribution is 7.87. The zero-order chi connectivity index (χ0) is 37.4. The van der Waals surface area contributed by atoms with E-state index >= 15 is 4.79 Å². The molecule has 4 saturated carbocycles. The quantitative estimate of drug-likeness (QED) is 0.221. The minimum atomic E-state index is -4.05. The van der Waals surface area contributed by atoms with Crippen LogP contribution in [0.4, 0.5) is 0 Å². The van der Waals surface area contributed by atoms with Crippen LogP contribution in [0.25, 0.3) is 0 Å². The van der Waals surface area contributed by atoms with E-state index < -0.39 is 51.0 Å². The van der Waals surface area contributed by atoms with Crippen LogP contribution >= 0.6 is 0 Å². The summed E-state index contributed by atoms with van der Waals surface area (Å²) in [5.74, 6) is -1.66. The molecule has 7 fully saturated rings. The van der Waals surface area contributed by atoms with Crippen LogP contribution in [0.3, 0.4) is 0 Å². The first-order chi connectivity index (χ1) is 24.5. The van der Waals surface area contributed by atoms with Gasteiger partial charge in [0.2, 0.25) is 11.8 Å². The van der Waals surface area contributed by atoms with E-state index in [0.717, 1.165) is 44.9 Å². The lowest BCUT2D eigenvalue weighted by Gasteiger charge is -2.44. The van der Waals surface area contributed by atoms with Crippen molar-refractivity contribution in [3.8, 4) is 0 Å². The fourth-order valence-electron chi connectivity index (χ4n) is 11.7. The molecule has 13 heteroatoms. The van der Waals surface area contributed by atoms with E-state index in [1.54, 1.807) is 6.08 Å². The first-order valence-electron chi connectivity index (χ1n) is 20.2. The zero-order valence-corrected chi connectivity index (χ0v) is 32.9. The Morgan fingerprint density at radius 1 is 0.885 bits per heavy atom. The third kappa shape index (κ3) is 5.89. The maximum atomic E-state index is 15.3. The molecule has 6 atom stereocenters. The van der Waals surface area contributed by atoms with Crippen LogP contribution in [0.5, 0.6) is 0 Å². The van der Waals surface area contributed by atoms with Gasteiger partial charge in [-0.2, -0.15) is 12.7 Å². The summed E-state index contributed by atoms with van der Waals surface area (Å²) in [6.07, 6.45) is 14.3. The first kappa shape index (κ1) is 38.2. The van der Waals surface area contributed by atoms with Gasteiger partial charge in [0.05, 0.1) is 6.04 Å². The van der Waals surface area contributed by atoms with Crippen molar-refractivity contribution >= 4 is 27.9 Å². The molecule has 292 valence electrons. The molecular weight excluding hydrogens is 681 g/mol. The van der Waals surface area contributed by atoms with Gasteiger partial charge in [-0.3, -0.25) is 14.4 Å². The zero-order valence-electron chi connectivity index (χ0n) is 32.1. The summed E-state index contributed by atoms with van der Waals surface area (Å²) < 4.78 is 35.6. The van der Waals surface area contributed by atoms with Crippen molar-refractivity contribution in [1.82, 2.24) is 24.6 Å². The number of carbonyl (C=O) groups excluding carboxylic acids is 3. The standard InChI is InChI=1S/C39H64N6O6S/c1-6-27-23-39(27,33(48)43-52(49,50)44-19-10-11-20-44)42-31(46)28-24-38(34(2,3)37(38)15-12-16-37)26-45(28)32(47)30(36(5)17-21-51-22-18-36)41-25-29(40)35(4)13-8-7-9-14-35/h6,27-30,41H,1,7-26,40H2,2-5H3,(H,42,46)(H,43,48)/t27-,28+,29-,30-,38-,39-/m1/s1. The van der Waals surface area contributed by atoms with Gasteiger partial charge < -0.3 is 26.0 Å². The lowest BCUT2D eigenvalue weighted by Crippen LogP contribution is -2.62. The van der Waals surface area contributed by atoms with E-state index in [1.165, 1.54) is 23.6 Å². The number of nitrogens with zero attached hydrogens (tertiary/aromatic N) is 2. The average molecular weight is 745 g/mol. The van der Waals surface area contributed by atoms with Crippen LogP contribution in [-0.4, -0.2) is 98.4 Å². The maximum absolute atomic E-state index is 15.3. The molecular formula is C39H64N6O6S. The van der Waals surface area contributed by atoms with Crippen LogP contribution in [0.15, 0.2) is 12.7 Å². The third-order valence-electron chi connectivity index (χ3n) is 16.1. The Morgan fingerprint density at radius 3 is 2.10 bits per heavy atom. The number of nitrogens with two attached hydrogens (primary N) is 1. The molecule has 3 heterocycles. The van der Waals surface area contributed by atoms with Gasteiger partial charge in [-0.15, -0.1) is 6.58 Å². The molecule has 3 saturated heterocycles. The van der Waals surface area contributed by atoms with Crippen LogP contribution in [-0.2, 0) is 29.3 Å². The highest BCUT2D eigenvalue weighted by Gasteiger charge is 2.85. The second-order valence-corrected chi connectivity index (χ2v) is 20.5. The number of fused-ring (bicyclic) bond motifs is 1. The molecule has 0 unspecified atom stereocenters. The first-order valence-corrected chi connectivity index (χ1v) is 21.6. The van der Waals surface area contributed by atoms with Gasteiger partial charge in [0.25, 0.3) is 5.91 Å². The Hall–Kier alpha value is -2.06. The molecule has 0 aromatic carbocycles. The molecule has 3 amide bonds. The lowest BCUT2D eigenvalue weighted by molar-refractivity contribution is -0.145. The fraction of sp³-hybridized carbons (Fsp3) is 0.872. The normalized spacial score (nSPS) is 35.4. The molecule has 0 bridgehead atoms. The number of ether oxygens (including phenoxy) is 1. The summed E-state index contributed by atoms with van der Waals surface area (Å²) in [6, 6.07) is -1.48. The number of rotatable bonds is 12. The highest BCUT2D eigenvalue weighted by Crippen LogP contribution is 2.88. The molecule has 0 aromatic rings. The second-order valence-electron chi connectivity index (χ2n) is 18.8. The molecule has 52 heavy (non-hydrogen) atoms. The van der Waals surface area contributed by atoms with E-state index in [0.29, 0.717) is 58.7 Å². The van der Waals surface area contributed by atoms with Gasteiger partial charge in [-0.05, 0) is 85.9 Å². The van der Waals surface area contributed by atoms with Gasteiger partial charge in [-0.1, -0.05) is 59.5 Å². The van der Waals surface area contributed by atoms with Crippen LogP contribution < -0.4 is 21.1 Å². The van der Waals surface area contributed by atoms with Crippen molar-refractivity contribution in [3.63, 3.8) is 0 Å². The summed E-state index contributed by atoms with van der Waals surface area (Å²) in [7, 11) is -4.05. The molecule has 7 aliphatic rings. The number of nitrogens with one attached hydrogen (secondary N) is 3. The van der Waals surface area contributed by atoms with Crippen molar-refractivity contribution in [2.75, 3.05) is 39.4 Å². The Kier molecular flexibility index (Phi) is 9.78. The van der Waals surface area contributed by atoms with Gasteiger partial charge in [0.1, 0.15) is 11.6 Å². The fourth-order valence-corrected chi connectivity index (χ4v) is 13.0. The number of hydrogen-bond acceptors (Lipinski definition) is 8. The third-order valence-corrected chi connectivity index (χ3v) is 17.6. The van der Waals surface area contributed by atoms with Crippen LogP contribution in [0, 0.1) is 33.0 Å². The van der Waals surface area contributed by atoms with Crippen molar-refractivity contribution in [2.24, 2.45) is 38.7 Å². The van der Waals surface area contributed by atoms with Crippen LogP contribution in [0.2, 0.25) is 0 Å². The van der Waals surface area contributed by atoms with Crippen LogP contribution in [0.1, 0.15) is 118 Å². The summed E-state index contributed by atoms with van der Waals surface area (Å²) in [5.41, 5.74) is 4.93. The predicted octanol–water partition coefficient (Wildman–Crippen LogP) is 3.37. The Bertz CT molecular complexity index is 1550. The molecule has 3 aliphatic heterocycles. The van der Waals surface area contributed by atoms with Gasteiger partial charge >= 0.3 is 10.2 Å². The topological polar surface area (TPSA) is 163 Å². The van der Waals surface area contributed by atoms with Crippen molar-refractivity contribution < 1.29 is 27.5 Å². The summed E-state index contributed by atoms with van der Waals surface area (Å²) in [6.45, 7) is 15.7. The monoisotopic (exact) mass is 744 g/mol. The number of likely N-dealkylation sites (tertiary alicyclic amines) is 1. The second kappa shape index (κ2) is 13.3. The Labute approximate surface area is 311 Å². The average Bonchev–Trinajstić information content (AvgIpc) is 3.55. The van der Waals surface area contributed by atoms with Gasteiger partial charge in [0.15, 0.2) is 0 Å². The highest BCUT2D eigenvalue weighted by atomic mass is 32.2. The van der Waals surface area contributed by atoms with Crippen molar-refractivity contribution in [3.05, 3.63) is 12.7 Å². The summed E-state index contributed by atoms with van der Waals surface area (Å²) in [5, 5.41) is 6.73. The number of hydrogen-bond donors (Lipinski definition) is 4. The Balaban J connectivity index is 1.16. The van der Waals surface area contributed by atoms with E-state index in [2.05, 4.69) is 49.6 Å². The predicted molar refractivity (Wildman–Crippen MR) is 199 cm³/mol.